The maximum Gasteiger partial charge on any atom is 0.241 e. The summed E-state index contributed by atoms with van der Waals surface area (Å²) in [5, 5.41) is 8.76. The van der Waals surface area contributed by atoms with E-state index in [4.69, 9.17) is 22.1 Å². The Labute approximate surface area is 193 Å². The number of nitrogens with two attached hydrogens (primary N) is 1. The second kappa shape index (κ2) is 11.5. The molecular formula is C21H27N3O4S3. The van der Waals surface area contributed by atoms with Gasteiger partial charge in [0.15, 0.2) is 5.75 Å². The van der Waals surface area contributed by atoms with Crippen LogP contribution in [0, 0.1) is 0 Å². The number of thiocarbonyl (C=S) groups is 1. The van der Waals surface area contributed by atoms with Gasteiger partial charge in [0.25, 0.3) is 0 Å². The maximum absolute atomic E-state index is 12.4. The number of para-hydroxylation sites is 1. The first-order valence-electron chi connectivity index (χ1n) is 9.68. The fraction of sp³-hybridized carbons (Fsp3) is 0.333. The van der Waals surface area contributed by atoms with Gasteiger partial charge in [-0.1, -0.05) is 43.8 Å². The molecule has 2 aromatic rings. The highest BCUT2D eigenvalue weighted by atomic mass is 32.2. The van der Waals surface area contributed by atoms with E-state index in [1.54, 1.807) is 44.4 Å². The number of ether oxygens (including phenoxy) is 1. The highest BCUT2D eigenvalue weighted by molar-refractivity contribution is 8.24. The number of anilines is 1. The summed E-state index contributed by atoms with van der Waals surface area (Å²) < 4.78 is 31.2. The van der Waals surface area contributed by atoms with Crippen molar-refractivity contribution in [2.75, 3.05) is 31.7 Å². The summed E-state index contributed by atoms with van der Waals surface area (Å²) in [7, 11) is -0.790. The fourth-order valence-electron chi connectivity index (χ4n) is 2.51. The largest absolute Gasteiger partial charge is 0.454 e. The van der Waals surface area contributed by atoms with Crippen LogP contribution in [0.1, 0.15) is 25.3 Å². The maximum atomic E-state index is 12.4. The molecule has 1 amide bonds. The van der Waals surface area contributed by atoms with Crippen molar-refractivity contribution in [2.24, 2.45) is 5.14 Å². The Morgan fingerprint density at radius 1 is 1.23 bits per heavy atom. The van der Waals surface area contributed by atoms with E-state index >= 15 is 0 Å². The number of nitrogens with one attached hydrogen (secondary N) is 1. The monoisotopic (exact) mass is 481 g/mol. The zero-order chi connectivity index (χ0) is 23.0. The molecule has 0 saturated carbocycles. The quantitative estimate of drug-likeness (QED) is 0.393. The Bertz CT molecular complexity index is 1030. The summed E-state index contributed by atoms with van der Waals surface area (Å²) in [5.74, 6) is 0.652. The van der Waals surface area contributed by atoms with Crippen LogP contribution in [0.5, 0.6) is 11.5 Å². The molecule has 31 heavy (non-hydrogen) atoms. The number of primary sulfonamides is 1. The molecule has 0 fully saturated rings. The van der Waals surface area contributed by atoms with Gasteiger partial charge in [-0.3, -0.25) is 4.79 Å². The first-order chi connectivity index (χ1) is 14.6. The number of hydrogen-bond donors (Lipinski definition) is 2. The smallest absolute Gasteiger partial charge is 0.241 e. The Kier molecular flexibility index (Phi) is 9.30. The SMILES string of the molecule is CCCCNc1cc(C(=S)SCC(=O)N(C)C)cc(S(N)(=O)=O)c1Oc1ccccc1. The number of amides is 1. The second-order valence-corrected chi connectivity index (χ2v) is 10.1. The molecular weight excluding hydrogens is 454 g/mol. The minimum Gasteiger partial charge on any atom is -0.454 e. The Hall–Kier alpha value is -2.14. The van der Waals surface area contributed by atoms with Gasteiger partial charge < -0.3 is 15.0 Å². The molecule has 0 aliphatic carbocycles. The minimum atomic E-state index is -4.12. The molecule has 7 nitrogen and oxygen atoms in total. The lowest BCUT2D eigenvalue weighted by Gasteiger charge is -2.18. The predicted octanol–water partition coefficient (Wildman–Crippen LogP) is 3.84. The molecule has 0 saturated heterocycles. The number of benzene rings is 2. The predicted molar refractivity (Wildman–Crippen MR) is 131 cm³/mol. The average molecular weight is 482 g/mol. The van der Waals surface area contributed by atoms with Crippen molar-refractivity contribution < 1.29 is 17.9 Å². The van der Waals surface area contributed by atoms with Crippen LogP contribution in [-0.2, 0) is 14.8 Å². The molecule has 0 aliphatic rings. The van der Waals surface area contributed by atoms with E-state index in [9.17, 15) is 13.2 Å². The molecule has 0 bridgehead atoms. The molecule has 10 heteroatoms. The number of hydrogen-bond acceptors (Lipinski definition) is 7. The molecule has 2 aromatic carbocycles. The summed E-state index contributed by atoms with van der Waals surface area (Å²) in [6, 6.07) is 12.0. The van der Waals surface area contributed by atoms with Crippen LogP contribution in [0.25, 0.3) is 0 Å². The topological polar surface area (TPSA) is 102 Å². The Balaban J connectivity index is 2.49. The Morgan fingerprint density at radius 2 is 1.90 bits per heavy atom. The lowest BCUT2D eigenvalue weighted by atomic mass is 10.2. The van der Waals surface area contributed by atoms with Gasteiger partial charge in [0.05, 0.1) is 15.6 Å². The number of unbranched alkanes of at least 4 members (excludes halogenated alkanes) is 1. The summed E-state index contributed by atoms with van der Waals surface area (Å²) in [6.07, 6.45) is 1.85. The summed E-state index contributed by atoms with van der Waals surface area (Å²) in [6.45, 7) is 2.68. The first-order valence-corrected chi connectivity index (χ1v) is 12.6. The van der Waals surface area contributed by atoms with E-state index in [0.717, 1.165) is 12.8 Å². The van der Waals surface area contributed by atoms with E-state index in [0.29, 0.717) is 27.7 Å². The molecule has 0 unspecified atom stereocenters. The molecule has 0 spiro atoms. The van der Waals surface area contributed by atoms with E-state index in [1.165, 1.54) is 22.7 Å². The van der Waals surface area contributed by atoms with Crippen LogP contribution >= 0.6 is 24.0 Å². The van der Waals surface area contributed by atoms with Gasteiger partial charge in [0.2, 0.25) is 15.9 Å². The van der Waals surface area contributed by atoms with Gasteiger partial charge in [0, 0.05) is 26.2 Å². The van der Waals surface area contributed by atoms with Gasteiger partial charge >= 0.3 is 0 Å². The zero-order valence-corrected chi connectivity index (χ0v) is 20.2. The highest BCUT2D eigenvalue weighted by Gasteiger charge is 2.23. The van der Waals surface area contributed by atoms with Gasteiger partial charge in [-0.2, -0.15) is 0 Å². The first kappa shape index (κ1) is 25.1. The van der Waals surface area contributed by atoms with Crippen LogP contribution in [0.15, 0.2) is 47.4 Å². The van der Waals surface area contributed by atoms with Gasteiger partial charge in [-0.25, -0.2) is 13.6 Å². The molecule has 0 heterocycles. The van der Waals surface area contributed by atoms with E-state index in [-0.39, 0.29) is 22.3 Å². The number of thioether (sulfide) groups is 1. The normalized spacial score (nSPS) is 11.1. The van der Waals surface area contributed by atoms with Crippen LogP contribution in [0.4, 0.5) is 5.69 Å². The number of sulfonamides is 1. The molecule has 0 aromatic heterocycles. The van der Waals surface area contributed by atoms with Crippen LogP contribution in [0.3, 0.4) is 0 Å². The summed E-state index contributed by atoms with van der Waals surface area (Å²) in [5.41, 5.74) is 0.954. The van der Waals surface area contributed by atoms with E-state index in [1.807, 2.05) is 6.07 Å². The summed E-state index contributed by atoms with van der Waals surface area (Å²) >= 11 is 6.63. The average Bonchev–Trinajstić information content (AvgIpc) is 2.72. The molecule has 0 atom stereocenters. The molecule has 3 N–H and O–H groups in total. The van der Waals surface area contributed by atoms with Crippen molar-refractivity contribution in [3.05, 3.63) is 48.0 Å². The van der Waals surface area contributed by atoms with Crippen molar-refractivity contribution in [1.82, 2.24) is 4.90 Å². The van der Waals surface area contributed by atoms with Crippen LogP contribution < -0.4 is 15.2 Å². The molecule has 168 valence electrons. The third-order valence-corrected chi connectivity index (χ3v) is 6.63. The number of rotatable bonds is 10. The van der Waals surface area contributed by atoms with Crippen LogP contribution in [0.2, 0.25) is 0 Å². The fourth-order valence-corrected chi connectivity index (χ4v) is 4.31. The van der Waals surface area contributed by atoms with Crippen molar-refractivity contribution >= 4 is 49.8 Å². The van der Waals surface area contributed by atoms with Crippen molar-refractivity contribution in [3.8, 4) is 11.5 Å². The van der Waals surface area contributed by atoms with Gasteiger partial charge in [-0.15, -0.1) is 11.8 Å². The summed E-state index contributed by atoms with van der Waals surface area (Å²) in [4.78, 5) is 13.2. The standard InChI is InChI=1S/C21H27N3O4S3/c1-4-5-11-23-17-12-15(21(29)30-14-19(25)24(2)3)13-18(31(22,26)27)20(17)28-16-9-7-6-8-10-16/h6-10,12-13,23H,4-5,11,14H2,1-3H3,(H2,22,26,27). The van der Waals surface area contributed by atoms with E-state index < -0.39 is 10.0 Å². The highest BCUT2D eigenvalue weighted by Crippen LogP contribution is 2.38. The van der Waals surface area contributed by atoms with Crippen LogP contribution in [-0.4, -0.2) is 49.8 Å². The van der Waals surface area contributed by atoms with Gasteiger partial charge in [-0.05, 0) is 30.7 Å². The number of carbonyl (C=O) groups is 1. The third kappa shape index (κ3) is 7.49. The molecule has 0 aliphatic heterocycles. The van der Waals surface area contributed by atoms with Crippen molar-refractivity contribution in [1.29, 1.82) is 0 Å². The number of nitrogens with zero attached hydrogens (tertiary/aromatic N) is 1. The van der Waals surface area contributed by atoms with Crippen molar-refractivity contribution in [3.63, 3.8) is 0 Å². The lowest BCUT2D eigenvalue weighted by molar-refractivity contribution is -0.125. The molecule has 2 rings (SSSR count). The lowest BCUT2D eigenvalue weighted by Crippen LogP contribution is -2.24. The number of carbonyl (C=O) groups excluding carboxylic acids is 1. The Morgan fingerprint density at radius 3 is 2.48 bits per heavy atom. The van der Waals surface area contributed by atoms with Crippen molar-refractivity contribution in [2.45, 2.75) is 24.7 Å². The van der Waals surface area contributed by atoms with E-state index in [2.05, 4.69) is 12.2 Å². The minimum absolute atomic E-state index is 0.0932. The zero-order valence-electron chi connectivity index (χ0n) is 17.8. The molecule has 0 radical (unpaired) electrons. The van der Waals surface area contributed by atoms with Gasteiger partial charge in [0.1, 0.15) is 10.6 Å². The second-order valence-electron chi connectivity index (χ2n) is 6.96. The third-order valence-electron chi connectivity index (χ3n) is 4.23.